The predicted molar refractivity (Wildman–Crippen MR) is 47.8 cm³/mol. The number of rotatable bonds is 4. The van der Waals surface area contributed by atoms with Crippen LogP contribution in [-0.4, -0.2) is 0 Å². The van der Waals surface area contributed by atoms with Gasteiger partial charge in [0.1, 0.15) is 0 Å². The molecule has 0 aromatic rings. The van der Waals surface area contributed by atoms with E-state index in [1.807, 2.05) is 0 Å². The van der Waals surface area contributed by atoms with Crippen LogP contribution in [0.4, 0.5) is 0 Å². The molecule has 0 saturated heterocycles. The first-order chi connectivity index (χ1) is 4.63. The van der Waals surface area contributed by atoms with Crippen LogP contribution in [0.15, 0.2) is 0 Å². The topological polar surface area (TPSA) is 0 Å². The Bertz CT molecular complexity index is 66.1. The second kappa shape index (κ2) is 4.76. The molecule has 0 radical (unpaired) electrons. The maximum Gasteiger partial charge on any atom is -0.0442 e. The van der Waals surface area contributed by atoms with Crippen molar-refractivity contribution >= 4 is 0 Å². The monoisotopic (exact) mass is 141 g/mol. The molecule has 0 saturated carbocycles. The summed E-state index contributed by atoms with van der Waals surface area (Å²) < 4.78 is 0. The summed E-state index contributed by atoms with van der Waals surface area (Å²) >= 11 is 0. The minimum absolute atomic E-state index is 0.773. The maximum absolute atomic E-state index is 2.35. The third-order valence-corrected chi connectivity index (χ3v) is 2.90. The Balaban J connectivity index is 3.69. The Kier molecular flexibility index (Phi) is 4.76. The molecule has 0 aliphatic carbocycles. The van der Waals surface area contributed by atoms with Gasteiger partial charge < -0.3 is 6.42 Å². The molecule has 0 fully saturated rings. The normalized spacial score (nSPS) is 20.1. The zero-order chi connectivity index (χ0) is 8.15. The Morgan fingerprint density at radius 3 is 2.00 bits per heavy atom. The van der Waals surface area contributed by atoms with E-state index in [1.54, 1.807) is 0 Å². The van der Waals surface area contributed by atoms with Gasteiger partial charge in [-0.05, 0) is 5.92 Å². The first kappa shape index (κ1) is 10.0. The van der Waals surface area contributed by atoms with Gasteiger partial charge in [0.2, 0.25) is 0 Å². The zero-order valence-electron chi connectivity index (χ0n) is 8.02. The lowest BCUT2D eigenvalue weighted by Crippen LogP contribution is -2.15. The van der Waals surface area contributed by atoms with Crippen molar-refractivity contribution in [1.29, 1.82) is 0 Å². The lowest BCUT2D eigenvalue weighted by molar-refractivity contribution is 0.299. The number of hydrogen-bond acceptors (Lipinski definition) is 0. The van der Waals surface area contributed by atoms with E-state index >= 15 is 0 Å². The smallest absolute Gasteiger partial charge is 0.0442 e. The van der Waals surface area contributed by atoms with Crippen LogP contribution >= 0.6 is 0 Å². The molecule has 0 bridgehead atoms. The molecule has 0 rings (SSSR count). The summed E-state index contributed by atoms with van der Waals surface area (Å²) in [5, 5.41) is 0. The van der Waals surface area contributed by atoms with E-state index in [1.165, 1.54) is 6.42 Å². The molecule has 0 aromatic heterocycles. The molecule has 0 aliphatic heterocycles. The Hall–Kier alpha value is 0. The van der Waals surface area contributed by atoms with E-state index in [-0.39, 0.29) is 0 Å². The van der Waals surface area contributed by atoms with Crippen molar-refractivity contribution in [3.63, 3.8) is 0 Å². The van der Waals surface area contributed by atoms with Crippen molar-refractivity contribution < 1.29 is 0 Å². The third-order valence-electron chi connectivity index (χ3n) is 2.90. The lowest BCUT2D eigenvalue weighted by atomic mass is 9.82. The van der Waals surface area contributed by atoms with Crippen LogP contribution in [-0.2, 0) is 0 Å². The van der Waals surface area contributed by atoms with Crippen LogP contribution in [0.2, 0.25) is 0 Å². The highest BCUT2D eigenvalue weighted by atomic mass is 14.2. The van der Waals surface area contributed by atoms with Crippen molar-refractivity contribution in [3.8, 4) is 0 Å². The van der Waals surface area contributed by atoms with Crippen LogP contribution in [0.5, 0.6) is 0 Å². The largest absolute Gasteiger partial charge is 0.328 e. The molecule has 0 aromatic carbocycles. The highest BCUT2D eigenvalue weighted by Crippen LogP contribution is 2.24. The van der Waals surface area contributed by atoms with E-state index in [0.29, 0.717) is 0 Å². The second-order valence-electron chi connectivity index (χ2n) is 3.44. The van der Waals surface area contributed by atoms with Crippen molar-refractivity contribution in [1.82, 2.24) is 0 Å². The van der Waals surface area contributed by atoms with E-state index in [4.69, 9.17) is 0 Å². The quantitative estimate of drug-likeness (QED) is 0.525. The molecule has 0 nitrogen and oxygen atoms in total. The Morgan fingerprint density at radius 2 is 1.70 bits per heavy atom. The molecule has 62 valence electrons. The van der Waals surface area contributed by atoms with Crippen LogP contribution < -0.4 is 0 Å². The van der Waals surface area contributed by atoms with Crippen molar-refractivity contribution in [2.45, 2.75) is 41.0 Å². The fourth-order valence-electron chi connectivity index (χ4n) is 1.19. The van der Waals surface area contributed by atoms with Crippen molar-refractivity contribution in [2.24, 2.45) is 17.8 Å². The first-order valence-corrected chi connectivity index (χ1v) is 4.42. The summed E-state index contributed by atoms with van der Waals surface area (Å²) in [6.07, 6.45) is 3.61. The highest BCUT2D eigenvalue weighted by Gasteiger charge is 2.10. The lowest BCUT2D eigenvalue weighted by Gasteiger charge is -2.30. The van der Waals surface area contributed by atoms with Crippen LogP contribution in [0.25, 0.3) is 0 Å². The Labute approximate surface area is 66.0 Å². The highest BCUT2D eigenvalue weighted by molar-refractivity contribution is 4.75. The van der Waals surface area contributed by atoms with Gasteiger partial charge in [-0.25, -0.2) is 0 Å². The van der Waals surface area contributed by atoms with Crippen molar-refractivity contribution in [3.05, 3.63) is 6.42 Å². The van der Waals surface area contributed by atoms with Crippen LogP contribution in [0.3, 0.4) is 0 Å². The summed E-state index contributed by atoms with van der Waals surface area (Å²) in [6.45, 7) is 11.4. The molecule has 3 atom stereocenters. The summed E-state index contributed by atoms with van der Waals surface area (Å²) in [4.78, 5) is 0. The molecular weight excluding hydrogens is 120 g/mol. The summed E-state index contributed by atoms with van der Waals surface area (Å²) in [5.74, 6) is 2.48. The van der Waals surface area contributed by atoms with Gasteiger partial charge in [0.05, 0.1) is 0 Å². The predicted octanol–water partition coefficient (Wildman–Crippen LogP) is 3.53. The molecule has 0 N–H and O–H groups in total. The molecular formula is C10H21-. The van der Waals surface area contributed by atoms with E-state index in [2.05, 4.69) is 41.0 Å². The Morgan fingerprint density at radius 1 is 1.20 bits per heavy atom. The minimum atomic E-state index is 0.773. The molecule has 0 heteroatoms. The first-order valence-electron chi connectivity index (χ1n) is 4.42. The van der Waals surface area contributed by atoms with Gasteiger partial charge in [-0.15, -0.1) is 0 Å². The molecule has 0 amide bonds. The van der Waals surface area contributed by atoms with Gasteiger partial charge in [0, 0.05) is 0 Å². The number of hydrogen-bond donors (Lipinski definition) is 0. The van der Waals surface area contributed by atoms with Gasteiger partial charge in [0.25, 0.3) is 0 Å². The molecule has 0 heterocycles. The van der Waals surface area contributed by atoms with Gasteiger partial charge in [-0.2, -0.15) is 12.8 Å². The van der Waals surface area contributed by atoms with Crippen LogP contribution in [0, 0.1) is 24.2 Å². The average molecular weight is 141 g/mol. The summed E-state index contributed by atoms with van der Waals surface area (Å²) in [7, 11) is 0. The molecule has 10 heavy (non-hydrogen) atoms. The van der Waals surface area contributed by atoms with Gasteiger partial charge >= 0.3 is 0 Å². The second-order valence-corrected chi connectivity index (χ2v) is 3.44. The van der Waals surface area contributed by atoms with Gasteiger partial charge in [-0.3, -0.25) is 0 Å². The van der Waals surface area contributed by atoms with E-state index < -0.39 is 0 Å². The third kappa shape index (κ3) is 2.72. The SMILES string of the molecule is C[CH-]C(C)C(C)C(C)CC. The van der Waals surface area contributed by atoms with Crippen LogP contribution in [0.1, 0.15) is 41.0 Å². The van der Waals surface area contributed by atoms with Gasteiger partial charge in [-0.1, -0.05) is 40.0 Å². The fourth-order valence-corrected chi connectivity index (χ4v) is 1.19. The fraction of sp³-hybridized carbons (Fsp3) is 0.900. The average Bonchev–Trinajstić information content (AvgIpc) is 2.00. The molecule has 3 unspecified atom stereocenters. The molecule has 0 aliphatic rings. The van der Waals surface area contributed by atoms with E-state index in [0.717, 1.165) is 17.8 Å². The summed E-state index contributed by atoms with van der Waals surface area (Å²) in [5.41, 5.74) is 0. The van der Waals surface area contributed by atoms with Crippen molar-refractivity contribution in [2.75, 3.05) is 0 Å². The van der Waals surface area contributed by atoms with E-state index in [9.17, 15) is 0 Å². The molecule has 0 spiro atoms. The zero-order valence-corrected chi connectivity index (χ0v) is 8.02. The summed E-state index contributed by atoms with van der Waals surface area (Å²) in [6, 6.07) is 0. The standard InChI is InChI=1S/C10H21/c1-6-8(3)10(5)9(4)7-2/h6,8-10H,7H2,1-5H3/q-1. The maximum atomic E-state index is 2.35. The van der Waals surface area contributed by atoms with Gasteiger partial charge in [0.15, 0.2) is 0 Å². The minimum Gasteiger partial charge on any atom is -0.328 e.